The number of nitriles is 1. The molecule has 4 nitrogen and oxygen atoms in total. The number of hydrogen-bond donors (Lipinski definition) is 1. The van der Waals surface area contributed by atoms with Gasteiger partial charge in [0, 0.05) is 6.04 Å². The average molecular weight is 272 g/mol. The molecule has 0 spiro atoms. The quantitative estimate of drug-likeness (QED) is 0.856. The Morgan fingerprint density at radius 2 is 1.95 bits per heavy atom. The van der Waals surface area contributed by atoms with E-state index in [1.54, 1.807) is 12.1 Å². The van der Waals surface area contributed by atoms with E-state index in [0.717, 1.165) is 18.4 Å². The number of methoxy groups -OCH3 is 1. The fraction of sp³-hybridized carbons (Fsp3) is 0.500. The number of ether oxygens (including phenoxy) is 1. The Bertz CT molecular complexity index is 484. The molecule has 1 N–H and O–H groups in total. The van der Waals surface area contributed by atoms with Gasteiger partial charge in [0.15, 0.2) is 0 Å². The summed E-state index contributed by atoms with van der Waals surface area (Å²) in [6.07, 6.45) is 6.04. The van der Waals surface area contributed by atoms with E-state index >= 15 is 0 Å². The summed E-state index contributed by atoms with van der Waals surface area (Å²) in [5.74, 6) is -0.356. The number of esters is 1. The smallest absolute Gasteiger partial charge is 0.337 e. The van der Waals surface area contributed by atoms with Crippen LogP contribution in [0.15, 0.2) is 24.3 Å². The summed E-state index contributed by atoms with van der Waals surface area (Å²) in [4.78, 5) is 11.4. The minimum atomic E-state index is -0.356. The monoisotopic (exact) mass is 272 g/mol. The SMILES string of the molecule is COC(=O)c1ccc(C(C#N)NC2CCCCC2)cc1. The molecule has 1 aromatic rings. The summed E-state index contributed by atoms with van der Waals surface area (Å²) in [5, 5.41) is 12.7. The first-order chi connectivity index (χ1) is 9.74. The van der Waals surface area contributed by atoms with Crippen LogP contribution in [0.4, 0.5) is 0 Å². The fourth-order valence-corrected chi connectivity index (χ4v) is 2.64. The van der Waals surface area contributed by atoms with Crippen LogP contribution in [-0.2, 0) is 4.74 Å². The Morgan fingerprint density at radius 3 is 2.50 bits per heavy atom. The topological polar surface area (TPSA) is 62.1 Å². The van der Waals surface area contributed by atoms with Gasteiger partial charge in [0.05, 0.1) is 18.7 Å². The lowest BCUT2D eigenvalue weighted by atomic mass is 9.94. The number of hydrogen-bond acceptors (Lipinski definition) is 4. The summed E-state index contributed by atoms with van der Waals surface area (Å²) in [6, 6.07) is 9.45. The molecule has 0 aromatic heterocycles. The second-order valence-corrected chi connectivity index (χ2v) is 5.18. The maximum Gasteiger partial charge on any atom is 0.337 e. The fourth-order valence-electron chi connectivity index (χ4n) is 2.64. The molecule has 1 fully saturated rings. The predicted molar refractivity (Wildman–Crippen MR) is 76.1 cm³/mol. The summed E-state index contributed by atoms with van der Waals surface area (Å²) < 4.78 is 4.66. The van der Waals surface area contributed by atoms with Crippen LogP contribution in [0.25, 0.3) is 0 Å². The number of benzene rings is 1. The van der Waals surface area contributed by atoms with Crippen LogP contribution in [-0.4, -0.2) is 19.1 Å². The van der Waals surface area contributed by atoms with E-state index in [1.807, 2.05) is 12.1 Å². The molecule has 0 bridgehead atoms. The van der Waals surface area contributed by atoms with E-state index in [9.17, 15) is 10.1 Å². The van der Waals surface area contributed by atoms with Crippen molar-refractivity contribution in [2.75, 3.05) is 7.11 Å². The second kappa shape index (κ2) is 7.06. The van der Waals surface area contributed by atoms with E-state index < -0.39 is 0 Å². The molecule has 20 heavy (non-hydrogen) atoms. The zero-order valence-corrected chi connectivity index (χ0v) is 11.8. The molecule has 0 amide bonds. The zero-order valence-electron chi connectivity index (χ0n) is 11.8. The third-order valence-corrected chi connectivity index (χ3v) is 3.80. The normalized spacial score (nSPS) is 17.2. The Kier molecular flexibility index (Phi) is 5.14. The molecule has 1 aromatic carbocycles. The van der Waals surface area contributed by atoms with Crippen LogP contribution in [0, 0.1) is 11.3 Å². The van der Waals surface area contributed by atoms with Crippen molar-refractivity contribution in [3.05, 3.63) is 35.4 Å². The van der Waals surface area contributed by atoms with Crippen molar-refractivity contribution >= 4 is 5.97 Å². The Labute approximate surface area is 119 Å². The van der Waals surface area contributed by atoms with Crippen LogP contribution in [0.2, 0.25) is 0 Å². The van der Waals surface area contributed by atoms with Crippen molar-refractivity contribution in [2.45, 2.75) is 44.2 Å². The van der Waals surface area contributed by atoms with Gasteiger partial charge in [-0.3, -0.25) is 5.32 Å². The van der Waals surface area contributed by atoms with E-state index in [2.05, 4.69) is 16.1 Å². The predicted octanol–water partition coefficient (Wildman–Crippen LogP) is 2.96. The molecule has 106 valence electrons. The van der Waals surface area contributed by atoms with Gasteiger partial charge < -0.3 is 4.74 Å². The Morgan fingerprint density at radius 1 is 1.30 bits per heavy atom. The van der Waals surface area contributed by atoms with Crippen LogP contribution < -0.4 is 5.32 Å². The molecular formula is C16H20N2O2. The molecular weight excluding hydrogens is 252 g/mol. The molecule has 0 saturated heterocycles. The van der Waals surface area contributed by atoms with Gasteiger partial charge in [0.1, 0.15) is 6.04 Å². The van der Waals surface area contributed by atoms with Crippen molar-refractivity contribution < 1.29 is 9.53 Å². The van der Waals surface area contributed by atoms with Gasteiger partial charge in [-0.05, 0) is 30.5 Å². The summed E-state index contributed by atoms with van der Waals surface area (Å²) in [6.45, 7) is 0. The lowest BCUT2D eigenvalue weighted by Crippen LogP contribution is -2.33. The highest BCUT2D eigenvalue weighted by Crippen LogP contribution is 2.21. The lowest BCUT2D eigenvalue weighted by molar-refractivity contribution is 0.0600. The number of nitrogens with one attached hydrogen (secondary N) is 1. The number of carbonyl (C=O) groups is 1. The molecule has 1 atom stereocenters. The molecule has 1 unspecified atom stereocenters. The first-order valence-electron chi connectivity index (χ1n) is 7.08. The first-order valence-corrected chi connectivity index (χ1v) is 7.08. The summed E-state index contributed by atoms with van der Waals surface area (Å²) in [7, 11) is 1.36. The molecule has 2 rings (SSSR count). The minimum absolute atomic E-state index is 0.315. The maximum absolute atomic E-state index is 11.4. The Balaban J connectivity index is 2.03. The largest absolute Gasteiger partial charge is 0.465 e. The van der Waals surface area contributed by atoms with Crippen molar-refractivity contribution in [1.29, 1.82) is 5.26 Å². The summed E-state index contributed by atoms with van der Waals surface area (Å²) >= 11 is 0. The molecule has 0 aliphatic heterocycles. The van der Waals surface area contributed by atoms with Crippen LogP contribution >= 0.6 is 0 Å². The van der Waals surface area contributed by atoms with Crippen molar-refractivity contribution in [3.63, 3.8) is 0 Å². The van der Waals surface area contributed by atoms with Gasteiger partial charge in [-0.15, -0.1) is 0 Å². The zero-order chi connectivity index (χ0) is 14.4. The van der Waals surface area contributed by atoms with Gasteiger partial charge in [0.2, 0.25) is 0 Å². The molecule has 1 aliphatic carbocycles. The van der Waals surface area contributed by atoms with E-state index in [-0.39, 0.29) is 12.0 Å². The van der Waals surface area contributed by atoms with E-state index in [1.165, 1.54) is 26.4 Å². The van der Waals surface area contributed by atoms with Crippen LogP contribution in [0.1, 0.15) is 54.1 Å². The number of nitrogens with zero attached hydrogens (tertiary/aromatic N) is 1. The molecule has 4 heteroatoms. The minimum Gasteiger partial charge on any atom is -0.465 e. The number of carbonyl (C=O) groups excluding carboxylic acids is 1. The van der Waals surface area contributed by atoms with Gasteiger partial charge in [-0.1, -0.05) is 31.4 Å². The Hall–Kier alpha value is -1.86. The van der Waals surface area contributed by atoms with Crippen LogP contribution in [0.5, 0.6) is 0 Å². The van der Waals surface area contributed by atoms with Crippen molar-refractivity contribution in [2.24, 2.45) is 0 Å². The van der Waals surface area contributed by atoms with Gasteiger partial charge in [-0.2, -0.15) is 5.26 Å². The van der Waals surface area contributed by atoms with Crippen molar-refractivity contribution in [3.8, 4) is 6.07 Å². The summed E-state index contributed by atoms with van der Waals surface area (Å²) in [5.41, 5.74) is 1.40. The van der Waals surface area contributed by atoms with Crippen LogP contribution in [0.3, 0.4) is 0 Å². The molecule has 0 heterocycles. The van der Waals surface area contributed by atoms with Gasteiger partial charge in [0.25, 0.3) is 0 Å². The molecule has 1 saturated carbocycles. The standard InChI is InChI=1S/C16H20N2O2/c1-20-16(19)13-9-7-12(8-10-13)15(11-17)18-14-5-3-2-4-6-14/h7-10,14-15,18H,2-6H2,1H3. The third kappa shape index (κ3) is 3.58. The lowest BCUT2D eigenvalue weighted by Gasteiger charge is -2.25. The molecule has 1 aliphatic rings. The maximum atomic E-state index is 11.4. The van der Waals surface area contributed by atoms with Crippen molar-refractivity contribution in [1.82, 2.24) is 5.32 Å². The van der Waals surface area contributed by atoms with E-state index in [0.29, 0.717) is 11.6 Å². The first kappa shape index (κ1) is 14.5. The van der Waals surface area contributed by atoms with Gasteiger partial charge >= 0.3 is 5.97 Å². The molecule has 0 radical (unpaired) electrons. The highest BCUT2D eigenvalue weighted by Gasteiger charge is 2.19. The highest BCUT2D eigenvalue weighted by molar-refractivity contribution is 5.89. The highest BCUT2D eigenvalue weighted by atomic mass is 16.5. The number of rotatable bonds is 4. The third-order valence-electron chi connectivity index (χ3n) is 3.80. The second-order valence-electron chi connectivity index (χ2n) is 5.18. The van der Waals surface area contributed by atoms with E-state index in [4.69, 9.17) is 0 Å². The average Bonchev–Trinajstić information content (AvgIpc) is 2.53. The van der Waals surface area contributed by atoms with Gasteiger partial charge in [-0.25, -0.2) is 4.79 Å².